The number of amides is 1. The molecule has 3 heterocycles. The van der Waals surface area contributed by atoms with E-state index >= 15 is 0 Å². The van der Waals surface area contributed by atoms with E-state index in [9.17, 15) is 24.6 Å². The molecule has 0 saturated heterocycles. The average molecular weight is 423 g/mol. The van der Waals surface area contributed by atoms with Gasteiger partial charge in [-0.3, -0.25) is 14.4 Å². The smallest absolute Gasteiger partial charge is 0.322 e. The minimum absolute atomic E-state index is 0.0561. The summed E-state index contributed by atoms with van der Waals surface area (Å²) in [6.45, 7) is 0.418. The van der Waals surface area contributed by atoms with Gasteiger partial charge in [0, 0.05) is 22.1 Å². The number of hydrogen-bond acceptors (Lipinski definition) is 6. The maximum absolute atomic E-state index is 13.2. The zero-order valence-electron chi connectivity index (χ0n) is 16.8. The molecule has 1 aromatic carbocycles. The molecule has 0 radical (unpaired) electrons. The molecular formula is C22H21N3O6. The number of aromatic nitrogens is 2. The Balaban J connectivity index is 1.91. The van der Waals surface area contributed by atoms with Gasteiger partial charge in [0.05, 0.1) is 30.1 Å². The summed E-state index contributed by atoms with van der Waals surface area (Å²) in [6.07, 6.45) is -0.133. The molecule has 1 aliphatic rings. The first-order chi connectivity index (χ1) is 14.8. The molecular weight excluding hydrogens is 402 g/mol. The van der Waals surface area contributed by atoms with Crippen LogP contribution in [0.25, 0.3) is 22.3 Å². The van der Waals surface area contributed by atoms with Gasteiger partial charge in [0.1, 0.15) is 6.54 Å². The van der Waals surface area contributed by atoms with Crippen LogP contribution in [0, 0.1) is 0 Å². The van der Waals surface area contributed by atoms with E-state index < -0.39 is 36.2 Å². The van der Waals surface area contributed by atoms with Crippen LogP contribution in [-0.2, 0) is 28.3 Å². The van der Waals surface area contributed by atoms with Crippen molar-refractivity contribution in [1.29, 1.82) is 0 Å². The van der Waals surface area contributed by atoms with Gasteiger partial charge in [-0.05, 0) is 24.6 Å². The van der Waals surface area contributed by atoms with Crippen LogP contribution in [0.1, 0.15) is 30.0 Å². The van der Waals surface area contributed by atoms with Gasteiger partial charge in [-0.25, -0.2) is 4.98 Å². The fraction of sp³-hybridized carbons (Fsp3) is 0.273. The molecule has 31 heavy (non-hydrogen) atoms. The molecule has 4 N–H and O–H groups in total. The Morgan fingerprint density at radius 3 is 2.68 bits per heavy atom. The van der Waals surface area contributed by atoms with Gasteiger partial charge in [-0.2, -0.15) is 0 Å². The molecule has 4 rings (SSSR count). The zero-order valence-corrected chi connectivity index (χ0v) is 16.8. The second kappa shape index (κ2) is 7.60. The molecule has 0 fully saturated rings. The lowest BCUT2D eigenvalue weighted by molar-refractivity contribution is -0.145. The Labute approximate surface area is 176 Å². The summed E-state index contributed by atoms with van der Waals surface area (Å²) in [5.41, 5.74) is -0.360. The number of para-hydroxylation sites is 1. The number of aliphatic hydroxyl groups excluding tert-OH is 1. The number of nitrogens with zero attached hydrogens (tertiary/aromatic N) is 2. The quantitative estimate of drug-likeness (QED) is 0.358. The number of nitrogens with one attached hydrogen (secondary N) is 1. The molecule has 9 nitrogen and oxygen atoms in total. The zero-order chi connectivity index (χ0) is 22.3. The van der Waals surface area contributed by atoms with Crippen molar-refractivity contribution in [2.45, 2.75) is 32.1 Å². The summed E-state index contributed by atoms with van der Waals surface area (Å²) in [5.74, 6) is -2.23. The number of aliphatic carboxylic acids is 1. The monoisotopic (exact) mass is 423 g/mol. The molecule has 0 spiro atoms. The van der Waals surface area contributed by atoms with E-state index in [4.69, 9.17) is 5.11 Å². The van der Waals surface area contributed by atoms with Crippen LogP contribution in [0.15, 0.2) is 41.2 Å². The van der Waals surface area contributed by atoms with Gasteiger partial charge >= 0.3 is 5.97 Å². The molecule has 0 bridgehead atoms. The second-order valence-corrected chi connectivity index (χ2v) is 7.45. The highest BCUT2D eigenvalue weighted by molar-refractivity contribution is 5.90. The minimum atomic E-state index is -2.19. The van der Waals surface area contributed by atoms with Crippen molar-refractivity contribution in [3.8, 4) is 11.4 Å². The molecule has 0 saturated carbocycles. The Bertz CT molecular complexity index is 1280. The van der Waals surface area contributed by atoms with E-state index in [-0.39, 0.29) is 24.1 Å². The lowest BCUT2D eigenvalue weighted by atomic mass is 9.86. The molecule has 0 aliphatic carbocycles. The molecule has 1 aliphatic heterocycles. The maximum Gasteiger partial charge on any atom is 0.322 e. The third-order valence-corrected chi connectivity index (χ3v) is 5.67. The number of pyridine rings is 2. The van der Waals surface area contributed by atoms with Crippen molar-refractivity contribution in [1.82, 2.24) is 14.9 Å². The molecule has 2 aromatic heterocycles. The SMILES string of the molecule is CC[C@@](O)(C(=O)NCC(=O)O)c1cc2n(c(=O)c1CO)Cc1cc3ccccc3nc1-2. The average Bonchev–Trinajstić information content (AvgIpc) is 3.13. The number of carboxylic acids is 1. The van der Waals surface area contributed by atoms with Crippen molar-refractivity contribution in [3.05, 3.63) is 63.4 Å². The summed E-state index contributed by atoms with van der Waals surface area (Å²) in [6, 6.07) is 10.9. The van der Waals surface area contributed by atoms with Gasteiger partial charge in [0.25, 0.3) is 11.5 Å². The highest BCUT2D eigenvalue weighted by Crippen LogP contribution is 2.36. The van der Waals surface area contributed by atoms with Crippen LogP contribution < -0.4 is 10.9 Å². The molecule has 0 unspecified atom stereocenters. The normalized spacial score (nSPS) is 14.0. The lowest BCUT2D eigenvalue weighted by Gasteiger charge is -2.28. The predicted molar refractivity (Wildman–Crippen MR) is 111 cm³/mol. The predicted octanol–water partition coefficient (Wildman–Crippen LogP) is 0.716. The number of hydrogen-bond donors (Lipinski definition) is 4. The first-order valence-corrected chi connectivity index (χ1v) is 9.79. The topological polar surface area (TPSA) is 142 Å². The van der Waals surface area contributed by atoms with Gasteiger partial charge < -0.3 is 25.2 Å². The number of carbonyl (C=O) groups excluding carboxylic acids is 1. The van der Waals surface area contributed by atoms with E-state index in [1.807, 2.05) is 30.3 Å². The van der Waals surface area contributed by atoms with Crippen LogP contribution in [0.4, 0.5) is 0 Å². The summed E-state index contributed by atoms with van der Waals surface area (Å²) in [4.78, 5) is 41.3. The van der Waals surface area contributed by atoms with E-state index in [2.05, 4.69) is 10.3 Å². The van der Waals surface area contributed by atoms with Crippen molar-refractivity contribution >= 4 is 22.8 Å². The first kappa shape index (κ1) is 20.7. The van der Waals surface area contributed by atoms with Crippen LogP contribution in [-0.4, -0.2) is 43.3 Å². The Morgan fingerprint density at radius 2 is 2.00 bits per heavy atom. The van der Waals surface area contributed by atoms with Crippen molar-refractivity contribution in [2.24, 2.45) is 0 Å². The second-order valence-electron chi connectivity index (χ2n) is 7.45. The standard InChI is InChI=1S/C22H21N3O6/c1-2-22(31,21(30)23-9-18(27)28)15-8-17-19-13(10-25(17)20(29)14(15)11-26)7-12-5-3-4-6-16(12)24-19/h3-8,26,31H,2,9-11H2,1H3,(H,23,30)(H,27,28)/t22-/m0/s1. The highest BCUT2D eigenvalue weighted by Gasteiger charge is 2.40. The van der Waals surface area contributed by atoms with Crippen molar-refractivity contribution in [2.75, 3.05) is 6.54 Å². The Hall–Kier alpha value is -3.56. The van der Waals surface area contributed by atoms with Crippen LogP contribution in [0.2, 0.25) is 0 Å². The molecule has 9 heteroatoms. The summed E-state index contributed by atoms with van der Waals surface area (Å²) in [7, 11) is 0. The van der Waals surface area contributed by atoms with E-state index in [1.54, 1.807) is 0 Å². The lowest BCUT2D eigenvalue weighted by Crippen LogP contribution is -2.47. The number of benzene rings is 1. The number of fused-ring (bicyclic) bond motifs is 4. The summed E-state index contributed by atoms with van der Waals surface area (Å²) >= 11 is 0. The van der Waals surface area contributed by atoms with E-state index in [1.165, 1.54) is 17.6 Å². The van der Waals surface area contributed by atoms with Crippen LogP contribution in [0.5, 0.6) is 0 Å². The Morgan fingerprint density at radius 1 is 1.26 bits per heavy atom. The molecule has 160 valence electrons. The minimum Gasteiger partial charge on any atom is -0.480 e. The summed E-state index contributed by atoms with van der Waals surface area (Å²) in [5, 5.41) is 33.0. The molecule has 1 atom stereocenters. The Kier molecular flexibility index (Phi) is 5.08. The molecule has 1 amide bonds. The van der Waals surface area contributed by atoms with Crippen molar-refractivity contribution in [3.63, 3.8) is 0 Å². The van der Waals surface area contributed by atoms with Gasteiger partial charge in [0.2, 0.25) is 0 Å². The fourth-order valence-corrected chi connectivity index (χ4v) is 4.01. The van der Waals surface area contributed by atoms with Gasteiger partial charge in [-0.15, -0.1) is 0 Å². The molecule has 3 aromatic rings. The van der Waals surface area contributed by atoms with Gasteiger partial charge in [0.15, 0.2) is 5.60 Å². The highest BCUT2D eigenvalue weighted by atomic mass is 16.4. The maximum atomic E-state index is 13.2. The number of carboxylic acid groups (broad SMARTS) is 1. The van der Waals surface area contributed by atoms with E-state index in [0.717, 1.165) is 16.5 Å². The van der Waals surface area contributed by atoms with Gasteiger partial charge in [-0.1, -0.05) is 25.1 Å². The van der Waals surface area contributed by atoms with E-state index in [0.29, 0.717) is 11.4 Å². The van der Waals surface area contributed by atoms with Crippen molar-refractivity contribution < 1.29 is 24.9 Å². The van der Waals surface area contributed by atoms with Crippen LogP contribution in [0.3, 0.4) is 0 Å². The number of rotatable bonds is 6. The number of carbonyl (C=O) groups is 2. The first-order valence-electron chi connectivity index (χ1n) is 9.79. The van der Waals surface area contributed by atoms with Crippen LogP contribution >= 0.6 is 0 Å². The third kappa shape index (κ3) is 3.28. The third-order valence-electron chi connectivity index (χ3n) is 5.67. The number of aliphatic hydroxyl groups is 2. The summed E-state index contributed by atoms with van der Waals surface area (Å²) < 4.78 is 1.46. The fourth-order valence-electron chi connectivity index (χ4n) is 4.01. The largest absolute Gasteiger partial charge is 0.480 e.